The molecule has 0 fully saturated rings. The van der Waals surface area contributed by atoms with Crippen molar-refractivity contribution in [3.05, 3.63) is 28.3 Å². The van der Waals surface area contributed by atoms with E-state index in [1.807, 2.05) is 0 Å². The van der Waals surface area contributed by atoms with E-state index in [0.29, 0.717) is 18.8 Å². The first-order valence-electron chi connectivity index (χ1n) is 5.06. The number of rotatable bonds is 6. The fraction of sp³-hybridized carbons (Fsp3) is 0.400. The Kier molecular flexibility index (Phi) is 4.68. The predicted octanol–water partition coefficient (Wildman–Crippen LogP) is 0.963. The van der Waals surface area contributed by atoms with E-state index in [1.54, 1.807) is 37.3 Å². The van der Waals surface area contributed by atoms with Crippen LogP contribution in [0.3, 0.4) is 0 Å². The minimum atomic E-state index is -0.451. The van der Waals surface area contributed by atoms with Gasteiger partial charge in [-0.3, -0.25) is 16.0 Å². The molecule has 1 aromatic carbocycles. The van der Waals surface area contributed by atoms with Gasteiger partial charge >= 0.3 is 5.69 Å². The topological polar surface area (TPSA) is 93.7 Å². The van der Waals surface area contributed by atoms with Gasteiger partial charge in [0, 0.05) is 20.7 Å². The third kappa shape index (κ3) is 3.05. The molecule has 7 nitrogen and oxygen atoms in total. The highest BCUT2D eigenvalue weighted by Gasteiger charge is 2.21. The Labute approximate surface area is 99.3 Å². The molecule has 0 aliphatic rings. The lowest BCUT2D eigenvalue weighted by atomic mass is 10.2. The number of nitro groups is 1. The first kappa shape index (κ1) is 13.2. The largest absolute Gasteiger partial charge is 0.383 e. The number of benzene rings is 1. The molecule has 0 spiro atoms. The second kappa shape index (κ2) is 6.02. The molecule has 3 N–H and O–H groups in total. The zero-order chi connectivity index (χ0) is 12.8. The van der Waals surface area contributed by atoms with Crippen molar-refractivity contribution < 1.29 is 9.66 Å². The molecule has 0 aromatic heterocycles. The van der Waals surface area contributed by atoms with Crippen LogP contribution < -0.4 is 16.2 Å². The van der Waals surface area contributed by atoms with Gasteiger partial charge in [0.2, 0.25) is 0 Å². The molecule has 0 saturated heterocycles. The van der Waals surface area contributed by atoms with Crippen LogP contribution in [0.25, 0.3) is 0 Å². The molecule has 0 radical (unpaired) electrons. The van der Waals surface area contributed by atoms with Crippen molar-refractivity contribution in [2.45, 2.75) is 0 Å². The third-order valence-electron chi connectivity index (χ3n) is 2.39. The summed E-state index contributed by atoms with van der Waals surface area (Å²) < 4.78 is 4.94. The maximum absolute atomic E-state index is 11.0. The summed E-state index contributed by atoms with van der Waals surface area (Å²) in [4.78, 5) is 12.3. The number of hydrogen-bond acceptors (Lipinski definition) is 6. The second-order valence-electron chi connectivity index (χ2n) is 3.49. The predicted molar refractivity (Wildman–Crippen MR) is 66.1 cm³/mol. The zero-order valence-electron chi connectivity index (χ0n) is 9.84. The maximum Gasteiger partial charge on any atom is 0.316 e. The average Bonchev–Trinajstić information content (AvgIpc) is 2.34. The summed E-state index contributed by atoms with van der Waals surface area (Å²) in [6.45, 7) is 1.05. The molecule has 17 heavy (non-hydrogen) atoms. The van der Waals surface area contributed by atoms with E-state index >= 15 is 0 Å². The highest BCUT2D eigenvalue weighted by Crippen LogP contribution is 2.34. The molecule has 0 aliphatic heterocycles. The van der Waals surface area contributed by atoms with E-state index in [9.17, 15) is 10.1 Å². The number of nitrogens with one attached hydrogen (secondary N) is 1. The van der Waals surface area contributed by atoms with Gasteiger partial charge < -0.3 is 15.1 Å². The fourth-order valence-electron chi connectivity index (χ4n) is 1.50. The summed E-state index contributed by atoms with van der Waals surface area (Å²) in [5, 5.41) is 11.0. The van der Waals surface area contributed by atoms with Gasteiger partial charge in [0.1, 0.15) is 11.4 Å². The van der Waals surface area contributed by atoms with Crippen LogP contribution in [0.2, 0.25) is 0 Å². The van der Waals surface area contributed by atoms with Crippen molar-refractivity contribution >= 4 is 17.1 Å². The standard InChI is InChI=1S/C10H16N4O3/c1-13(6-7-17-2)9-5-3-4-8(12-11)10(9)14(15)16/h3-5,12H,6-7,11H2,1-2H3. The van der Waals surface area contributed by atoms with Gasteiger partial charge in [0.25, 0.3) is 0 Å². The van der Waals surface area contributed by atoms with Crippen molar-refractivity contribution in [3.63, 3.8) is 0 Å². The molecule has 0 saturated carbocycles. The van der Waals surface area contributed by atoms with Crippen LogP contribution in [0.1, 0.15) is 0 Å². The number of para-hydroxylation sites is 1. The van der Waals surface area contributed by atoms with Gasteiger partial charge in [-0.25, -0.2) is 0 Å². The van der Waals surface area contributed by atoms with E-state index in [-0.39, 0.29) is 11.4 Å². The smallest absolute Gasteiger partial charge is 0.316 e. The van der Waals surface area contributed by atoms with Gasteiger partial charge in [0.05, 0.1) is 11.5 Å². The number of nitrogen functional groups attached to an aromatic ring is 1. The summed E-state index contributed by atoms with van der Waals surface area (Å²) in [6, 6.07) is 4.95. The van der Waals surface area contributed by atoms with Crippen LogP contribution >= 0.6 is 0 Å². The highest BCUT2D eigenvalue weighted by atomic mass is 16.6. The molecule has 94 valence electrons. The Bertz CT molecular complexity index is 397. The number of nitrogens with two attached hydrogens (primary N) is 1. The zero-order valence-corrected chi connectivity index (χ0v) is 9.84. The molecule has 0 amide bonds. The minimum Gasteiger partial charge on any atom is -0.383 e. The lowest BCUT2D eigenvalue weighted by molar-refractivity contribution is -0.383. The minimum absolute atomic E-state index is 0.0337. The Morgan fingerprint density at radius 3 is 2.82 bits per heavy atom. The fourth-order valence-corrected chi connectivity index (χ4v) is 1.50. The van der Waals surface area contributed by atoms with Crippen LogP contribution in [-0.2, 0) is 4.74 Å². The van der Waals surface area contributed by atoms with Crippen LogP contribution in [0, 0.1) is 10.1 Å². The molecule has 0 unspecified atom stereocenters. The monoisotopic (exact) mass is 240 g/mol. The molecule has 0 heterocycles. The van der Waals surface area contributed by atoms with Crippen molar-refractivity contribution in [2.75, 3.05) is 37.6 Å². The number of nitro benzene ring substituents is 1. The van der Waals surface area contributed by atoms with E-state index in [4.69, 9.17) is 10.6 Å². The Morgan fingerprint density at radius 2 is 2.29 bits per heavy atom. The quantitative estimate of drug-likeness (QED) is 0.437. The van der Waals surface area contributed by atoms with Gasteiger partial charge in [0.15, 0.2) is 0 Å². The van der Waals surface area contributed by atoms with Crippen LogP contribution in [0.15, 0.2) is 18.2 Å². The van der Waals surface area contributed by atoms with Crippen LogP contribution in [0.5, 0.6) is 0 Å². The molecule has 1 rings (SSSR count). The van der Waals surface area contributed by atoms with E-state index in [1.165, 1.54) is 0 Å². The molecular weight excluding hydrogens is 224 g/mol. The lowest BCUT2D eigenvalue weighted by Crippen LogP contribution is -2.23. The molecule has 0 aliphatic carbocycles. The van der Waals surface area contributed by atoms with Gasteiger partial charge in [-0.05, 0) is 12.1 Å². The molecule has 0 bridgehead atoms. The first-order valence-corrected chi connectivity index (χ1v) is 5.06. The SMILES string of the molecule is COCCN(C)c1cccc(NN)c1[N+](=O)[O-]. The first-order chi connectivity index (χ1) is 8.11. The lowest BCUT2D eigenvalue weighted by Gasteiger charge is -2.19. The summed E-state index contributed by atoms with van der Waals surface area (Å²) in [7, 11) is 3.35. The number of anilines is 2. The van der Waals surface area contributed by atoms with E-state index in [0.717, 1.165) is 0 Å². The number of hydrogen-bond donors (Lipinski definition) is 2. The van der Waals surface area contributed by atoms with Crippen molar-refractivity contribution in [1.29, 1.82) is 0 Å². The maximum atomic E-state index is 11.0. The number of likely N-dealkylation sites (N-methyl/N-ethyl adjacent to an activating group) is 1. The molecule has 0 atom stereocenters. The summed E-state index contributed by atoms with van der Waals surface area (Å²) in [5.41, 5.74) is 3.09. The number of methoxy groups -OCH3 is 1. The molecule has 1 aromatic rings. The second-order valence-corrected chi connectivity index (χ2v) is 3.49. The number of nitrogens with zero attached hydrogens (tertiary/aromatic N) is 2. The van der Waals surface area contributed by atoms with Crippen molar-refractivity contribution in [2.24, 2.45) is 5.84 Å². The average molecular weight is 240 g/mol. The summed E-state index contributed by atoms with van der Waals surface area (Å²) in [5.74, 6) is 5.26. The van der Waals surface area contributed by atoms with Crippen molar-refractivity contribution in [3.8, 4) is 0 Å². The number of ether oxygens (including phenoxy) is 1. The third-order valence-corrected chi connectivity index (χ3v) is 2.39. The molecular formula is C10H16N4O3. The highest BCUT2D eigenvalue weighted by molar-refractivity contribution is 5.76. The van der Waals surface area contributed by atoms with Crippen LogP contribution in [0.4, 0.5) is 17.1 Å². The van der Waals surface area contributed by atoms with Gasteiger partial charge in [-0.1, -0.05) is 6.07 Å². The Balaban J connectivity index is 3.09. The normalized spacial score (nSPS) is 10.1. The summed E-state index contributed by atoms with van der Waals surface area (Å²) >= 11 is 0. The van der Waals surface area contributed by atoms with Gasteiger partial charge in [-0.2, -0.15) is 0 Å². The Morgan fingerprint density at radius 1 is 1.59 bits per heavy atom. The van der Waals surface area contributed by atoms with Gasteiger partial charge in [-0.15, -0.1) is 0 Å². The van der Waals surface area contributed by atoms with Crippen LogP contribution in [-0.4, -0.2) is 32.2 Å². The number of hydrazine groups is 1. The van der Waals surface area contributed by atoms with E-state index < -0.39 is 4.92 Å². The molecule has 7 heteroatoms. The van der Waals surface area contributed by atoms with E-state index in [2.05, 4.69) is 5.43 Å². The summed E-state index contributed by atoms with van der Waals surface area (Å²) in [6.07, 6.45) is 0. The Hall–Kier alpha value is -1.86. The van der Waals surface area contributed by atoms with Crippen molar-refractivity contribution in [1.82, 2.24) is 0 Å².